The Bertz CT molecular complexity index is 488. The average molecular weight is 358 g/mol. The van der Waals surface area contributed by atoms with Gasteiger partial charge in [0.05, 0.1) is 12.5 Å². The number of esters is 1. The van der Waals surface area contributed by atoms with Gasteiger partial charge in [0.2, 0.25) is 0 Å². The van der Waals surface area contributed by atoms with Gasteiger partial charge in [0.15, 0.2) is 0 Å². The quantitative estimate of drug-likeness (QED) is 0.760. The molecule has 0 aliphatic carbocycles. The van der Waals surface area contributed by atoms with Crippen LogP contribution in [-0.4, -0.2) is 25.7 Å². The molecule has 0 amide bonds. The first-order valence-corrected chi connectivity index (χ1v) is 7.84. The van der Waals surface area contributed by atoms with Gasteiger partial charge in [-0.05, 0) is 50.5 Å². The molecule has 0 heterocycles. The van der Waals surface area contributed by atoms with Crippen LogP contribution in [0.3, 0.4) is 0 Å². The maximum absolute atomic E-state index is 11.7. The molecule has 0 saturated heterocycles. The van der Waals surface area contributed by atoms with E-state index in [-0.39, 0.29) is 18.6 Å². The third kappa shape index (κ3) is 5.32. The van der Waals surface area contributed by atoms with Gasteiger partial charge in [-0.3, -0.25) is 4.79 Å². The molecule has 0 radical (unpaired) electrons. The maximum atomic E-state index is 11.7. The molecule has 118 valence electrons. The molecule has 1 unspecified atom stereocenters. The van der Waals surface area contributed by atoms with Crippen molar-refractivity contribution in [2.45, 2.75) is 39.7 Å². The lowest BCUT2D eigenvalue weighted by atomic mass is 9.95. The molecule has 2 N–H and O–H groups in total. The number of ether oxygens (including phenoxy) is 2. The van der Waals surface area contributed by atoms with Gasteiger partial charge < -0.3 is 15.2 Å². The highest BCUT2D eigenvalue weighted by molar-refractivity contribution is 9.10. The van der Waals surface area contributed by atoms with Crippen LogP contribution in [-0.2, 0) is 16.0 Å². The summed E-state index contributed by atoms with van der Waals surface area (Å²) in [6.45, 7) is 5.92. The zero-order valence-corrected chi connectivity index (χ0v) is 14.7. The lowest BCUT2D eigenvalue weighted by Gasteiger charge is -2.23. The van der Waals surface area contributed by atoms with Crippen molar-refractivity contribution in [1.82, 2.24) is 0 Å². The minimum absolute atomic E-state index is 0.0928. The molecule has 1 aromatic rings. The standard InChI is InChI=1S/C16H24BrNO3/c1-5-13(18)9-11-8-12(17)6-7-14(11)21-10-16(2,3)15(19)20-4/h6-8,13H,5,9-10,18H2,1-4H3. The lowest BCUT2D eigenvalue weighted by molar-refractivity contribution is -0.152. The Labute approximate surface area is 135 Å². The fourth-order valence-corrected chi connectivity index (χ4v) is 2.28. The van der Waals surface area contributed by atoms with Crippen LogP contribution in [0, 0.1) is 5.41 Å². The molecule has 0 saturated carbocycles. The number of rotatable bonds is 7. The Morgan fingerprint density at radius 1 is 1.43 bits per heavy atom. The second kappa shape index (κ2) is 7.80. The van der Waals surface area contributed by atoms with Crippen LogP contribution < -0.4 is 10.5 Å². The molecule has 0 aliphatic rings. The number of nitrogens with two attached hydrogens (primary N) is 1. The van der Waals surface area contributed by atoms with Gasteiger partial charge in [-0.1, -0.05) is 22.9 Å². The Morgan fingerprint density at radius 3 is 2.67 bits per heavy atom. The number of carbonyl (C=O) groups is 1. The summed E-state index contributed by atoms with van der Waals surface area (Å²) in [5.41, 5.74) is 6.38. The Hall–Kier alpha value is -1.07. The molecule has 4 nitrogen and oxygen atoms in total. The van der Waals surface area contributed by atoms with Crippen LogP contribution in [0.15, 0.2) is 22.7 Å². The largest absolute Gasteiger partial charge is 0.492 e. The molecule has 1 atom stereocenters. The second-order valence-corrected chi connectivity index (χ2v) is 6.70. The van der Waals surface area contributed by atoms with Crippen molar-refractivity contribution in [2.75, 3.05) is 13.7 Å². The van der Waals surface area contributed by atoms with E-state index in [1.54, 1.807) is 13.8 Å². The van der Waals surface area contributed by atoms with Gasteiger partial charge >= 0.3 is 5.97 Å². The number of halogens is 1. The SMILES string of the molecule is CCC(N)Cc1cc(Br)ccc1OCC(C)(C)C(=O)OC. The summed E-state index contributed by atoms with van der Waals surface area (Å²) in [6, 6.07) is 5.92. The van der Waals surface area contributed by atoms with Gasteiger partial charge in [0.1, 0.15) is 12.4 Å². The van der Waals surface area contributed by atoms with Gasteiger partial charge in [-0.15, -0.1) is 0 Å². The van der Waals surface area contributed by atoms with E-state index in [9.17, 15) is 4.79 Å². The van der Waals surface area contributed by atoms with Crippen LogP contribution in [0.4, 0.5) is 0 Å². The molecule has 21 heavy (non-hydrogen) atoms. The van der Waals surface area contributed by atoms with Gasteiger partial charge in [-0.2, -0.15) is 0 Å². The molecule has 5 heteroatoms. The minimum atomic E-state index is -0.689. The topological polar surface area (TPSA) is 61.5 Å². The van der Waals surface area contributed by atoms with Crippen LogP contribution in [0.2, 0.25) is 0 Å². The molecular formula is C16H24BrNO3. The molecule has 0 aliphatic heterocycles. The van der Waals surface area contributed by atoms with E-state index in [0.29, 0.717) is 0 Å². The van der Waals surface area contributed by atoms with Crippen molar-refractivity contribution in [2.24, 2.45) is 11.1 Å². The monoisotopic (exact) mass is 357 g/mol. The second-order valence-electron chi connectivity index (χ2n) is 5.79. The number of carbonyl (C=O) groups excluding carboxylic acids is 1. The van der Waals surface area contributed by atoms with Crippen LogP contribution in [0.5, 0.6) is 5.75 Å². The predicted octanol–water partition coefficient (Wildman–Crippen LogP) is 3.31. The summed E-state index contributed by atoms with van der Waals surface area (Å²) in [7, 11) is 1.38. The highest BCUT2D eigenvalue weighted by Crippen LogP contribution is 2.27. The Balaban J connectivity index is 2.85. The van der Waals surface area contributed by atoms with E-state index in [0.717, 1.165) is 28.6 Å². The number of benzene rings is 1. The van der Waals surface area contributed by atoms with Gasteiger partial charge in [0, 0.05) is 10.5 Å². The summed E-state index contributed by atoms with van der Waals surface area (Å²) in [5.74, 6) is 0.477. The van der Waals surface area contributed by atoms with Crippen molar-refractivity contribution in [3.63, 3.8) is 0 Å². The van der Waals surface area contributed by atoms with Crippen LogP contribution >= 0.6 is 15.9 Å². The zero-order valence-electron chi connectivity index (χ0n) is 13.1. The highest BCUT2D eigenvalue weighted by Gasteiger charge is 2.30. The lowest BCUT2D eigenvalue weighted by Crippen LogP contribution is -2.32. The number of hydrogen-bond donors (Lipinski definition) is 1. The van der Waals surface area contributed by atoms with Gasteiger partial charge in [0.25, 0.3) is 0 Å². The molecular weight excluding hydrogens is 334 g/mol. The Kier molecular flexibility index (Phi) is 6.68. The fraction of sp³-hybridized carbons (Fsp3) is 0.562. The summed E-state index contributed by atoms with van der Waals surface area (Å²) in [4.78, 5) is 11.7. The fourth-order valence-electron chi connectivity index (χ4n) is 1.87. The minimum Gasteiger partial charge on any atom is -0.492 e. The first-order valence-electron chi connectivity index (χ1n) is 7.05. The Morgan fingerprint density at radius 2 is 2.10 bits per heavy atom. The summed E-state index contributed by atoms with van der Waals surface area (Å²) in [6.07, 6.45) is 1.64. The number of hydrogen-bond acceptors (Lipinski definition) is 4. The van der Waals surface area contributed by atoms with Crippen molar-refractivity contribution in [3.05, 3.63) is 28.2 Å². The molecule has 0 spiro atoms. The average Bonchev–Trinajstić information content (AvgIpc) is 2.45. The molecule has 1 rings (SSSR count). The van der Waals surface area contributed by atoms with E-state index in [2.05, 4.69) is 22.9 Å². The van der Waals surface area contributed by atoms with Crippen molar-refractivity contribution in [1.29, 1.82) is 0 Å². The van der Waals surface area contributed by atoms with Crippen molar-refractivity contribution < 1.29 is 14.3 Å². The van der Waals surface area contributed by atoms with E-state index in [4.69, 9.17) is 15.2 Å². The molecule has 0 bridgehead atoms. The molecule has 0 fully saturated rings. The van der Waals surface area contributed by atoms with Crippen molar-refractivity contribution in [3.8, 4) is 5.75 Å². The summed E-state index contributed by atoms with van der Waals surface area (Å²) in [5, 5.41) is 0. The summed E-state index contributed by atoms with van der Waals surface area (Å²) >= 11 is 3.46. The smallest absolute Gasteiger partial charge is 0.314 e. The van der Waals surface area contributed by atoms with E-state index in [1.807, 2.05) is 18.2 Å². The molecule has 1 aromatic carbocycles. The van der Waals surface area contributed by atoms with Crippen LogP contribution in [0.1, 0.15) is 32.8 Å². The van der Waals surface area contributed by atoms with E-state index >= 15 is 0 Å². The highest BCUT2D eigenvalue weighted by atomic mass is 79.9. The summed E-state index contributed by atoms with van der Waals surface area (Å²) < 4.78 is 11.6. The van der Waals surface area contributed by atoms with Crippen molar-refractivity contribution >= 4 is 21.9 Å². The molecule has 0 aromatic heterocycles. The normalized spacial score (nSPS) is 12.9. The first kappa shape index (κ1) is 18.0. The zero-order chi connectivity index (χ0) is 16.0. The third-order valence-electron chi connectivity index (χ3n) is 3.36. The van der Waals surface area contributed by atoms with Crippen LogP contribution in [0.25, 0.3) is 0 Å². The predicted molar refractivity (Wildman–Crippen MR) is 87.4 cm³/mol. The third-order valence-corrected chi connectivity index (χ3v) is 3.85. The van der Waals surface area contributed by atoms with E-state index in [1.165, 1.54) is 7.11 Å². The van der Waals surface area contributed by atoms with Gasteiger partial charge in [-0.25, -0.2) is 0 Å². The van der Waals surface area contributed by atoms with E-state index < -0.39 is 5.41 Å². The maximum Gasteiger partial charge on any atom is 0.314 e. The first-order chi connectivity index (χ1) is 9.80. The number of methoxy groups -OCH3 is 1.